The molecule has 3 aromatic rings. The third-order valence-corrected chi connectivity index (χ3v) is 7.18. The van der Waals surface area contributed by atoms with Crippen molar-refractivity contribution >= 4 is 16.5 Å². The van der Waals surface area contributed by atoms with Crippen LogP contribution in [0.1, 0.15) is 55.7 Å². The van der Waals surface area contributed by atoms with Gasteiger partial charge in [0.05, 0.1) is 17.7 Å². The molecule has 2 atom stereocenters. The summed E-state index contributed by atoms with van der Waals surface area (Å²) in [4.78, 5) is 5.05. The van der Waals surface area contributed by atoms with Gasteiger partial charge in [-0.15, -0.1) is 0 Å². The van der Waals surface area contributed by atoms with Crippen molar-refractivity contribution < 1.29 is 13.2 Å². The molecule has 1 fully saturated rings. The van der Waals surface area contributed by atoms with E-state index < -0.39 is 23.6 Å². The highest BCUT2D eigenvalue weighted by atomic mass is 19.4. The molecule has 4 heteroatoms. The van der Waals surface area contributed by atoms with Crippen LogP contribution in [0.2, 0.25) is 0 Å². The zero-order valence-electron chi connectivity index (χ0n) is 17.0. The van der Waals surface area contributed by atoms with Crippen LogP contribution in [0, 0.1) is 0 Å². The highest BCUT2D eigenvalue weighted by Crippen LogP contribution is 2.56. The lowest BCUT2D eigenvalue weighted by Crippen LogP contribution is -2.56. The summed E-state index contributed by atoms with van der Waals surface area (Å²) in [5.41, 5.74) is 1.80. The number of alkyl halides is 3. The number of hydrogen-bond donors (Lipinski definition) is 0. The minimum atomic E-state index is -4.27. The quantitative estimate of drug-likeness (QED) is 0.425. The number of aliphatic imine (C=N–C) groups is 1. The van der Waals surface area contributed by atoms with E-state index in [-0.39, 0.29) is 0 Å². The molecule has 0 bridgehead atoms. The summed E-state index contributed by atoms with van der Waals surface area (Å²) in [6.45, 7) is 2.00. The number of rotatable bonds is 2. The Morgan fingerprint density at radius 3 is 2.33 bits per heavy atom. The van der Waals surface area contributed by atoms with Gasteiger partial charge in [-0.3, -0.25) is 4.99 Å². The number of hydrogen-bond acceptors (Lipinski definition) is 1. The van der Waals surface area contributed by atoms with Crippen LogP contribution in [0.15, 0.2) is 71.7 Å². The summed E-state index contributed by atoms with van der Waals surface area (Å²) in [5, 5.41) is 2.09. The summed E-state index contributed by atoms with van der Waals surface area (Å²) < 4.78 is 41.6. The lowest BCUT2D eigenvalue weighted by Gasteiger charge is -2.53. The molecule has 1 aliphatic heterocycles. The molecule has 1 heterocycles. The SMILES string of the molecule is CC12CCCCC1(CC(F)(F)F)N=C(c1cccc3ccccc13)c1ccccc12. The second-order valence-electron chi connectivity index (χ2n) is 8.90. The van der Waals surface area contributed by atoms with E-state index >= 15 is 0 Å². The van der Waals surface area contributed by atoms with Gasteiger partial charge in [0.15, 0.2) is 0 Å². The molecule has 0 radical (unpaired) electrons. The zero-order chi connectivity index (χ0) is 21.0. The van der Waals surface area contributed by atoms with Crippen LogP contribution >= 0.6 is 0 Å². The van der Waals surface area contributed by atoms with Gasteiger partial charge in [0.1, 0.15) is 0 Å². The second-order valence-corrected chi connectivity index (χ2v) is 8.90. The predicted octanol–water partition coefficient (Wildman–Crippen LogP) is 7.21. The van der Waals surface area contributed by atoms with Gasteiger partial charge in [0, 0.05) is 16.5 Å². The van der Waals surface area contributed by atoms with Gasteiger partial charge in [0.2, 0.25) is 0 Å². The molecule has 30 heavy (non-hydrogen) atoms. The van der Waals surface area contributed by atoms with Crippen molar-refractivity contribution in [3.8, 4) is 0 Å². The Morgan fingerprint density at radius 1 is 0.833 bits per heavy atom. The number of nitrogens with zero attached hydrogens (tertiary/aromatic N) is 1. The molecule has 5 rings (SSSR count). The average molecular weight is 407 g/mol. The third-order valence-electron chi connectivity index (χ3n) is 7.18. The molecule has 1 nitrogen and oxygen atoms in total. The smallest absolute Gasteiger partial charge is 0.276 e. The maximum absolute atomic E-state index is 13.9. The van der Waals surface area contributed by atoms with Crippen molar-refractivity contribution in [1.82, 2.24) is 0 Å². The van der Waals surface area contributed by atoms with Crippen molar-refractivity contribution in [3.05, 3.63) is 83.4 Å². The van der Waals surface area contributed by atoms with Gasteiger partial charge in [-0.1, -0.05) is 86.5 Å². The van der Waals surface area contributed by atoms with Crippen LogP contribution in [0.3, 0.4) is 0 Å². The molecule has 0 saturated heterocycles. The van der Waals surface area contributed by atoms with E-state index in [9.17, 15) is 13.2 Å². The normalized spacial score (nSPS) is 26.1. The highest BCUT2D eigenvalue weighted by molar-refractivity contribution is 6.21. The van der Waals surface area contributed by atoms with Crippen molar-refractivity contribution in [2.45, 2.75) is 56.2 Å². The first-order valence-corrected chi connectivity index (χ1v) is 10.6. The first-order chi connectivity index (χ1) is 14.3. The van der Waals surface area contributed by atoms with Crippen LogP contribution in [-0.4, -0.2) is 17.4 Å². The Labute approximate surface area is 174 Å². The molecule has 2 aliphatic rings. The predicted molar refractivity (Wildman–Crippen MR) is 115 cm³/mol. The maximum Gasteiger partial charge on any atom is 0.391 e. The first kappa shape index (κ1) is 19.3. The molecule has 0 N–H and O–H groups in total. The lowest BCUT2D eigenvalue weighted by molar-refractivity contribution is -0.156. The van der Waals surface area contributed by atoms with Crippen molar-refractivity contribution in [1.29, 1.82) is 0 Å². The van der Waals surface area contributed by atoms with E-state index in [1.807, 2.05) is 73.7 Å². The minimum absolute atomic E-state index is 0.464. The fourth-order valence-electron chi connectivity index (χ4n) is 5.71. The molecule has 1 saturated carbocycles. The van der Waals surface area contributed by atoms with E-state index in [2.05, 4.69) is 0 Å². The molecule has 0 spiro atoms. The average Bonchev–Trinajstić information content (AvgIpc) is 2.72. The van der Waals surface area contributed by atoms with E-state index in [4.69, 9.17) is 4.99 Å². The Hall–Kier alpha value is -2.62. The van der Waals surface area contributed by atoms with Gasteiger partial charge in [-0.25, -0.2) is 0 Å². The minimum Gasteiger partial charge on any atom is -0.276 e. The number of benzene rings is 3. The maximum atomic E-state index is 13.9. The molecule has 0 amide bonds. The lowest BCUT2D eigenvalue weighted by atomic mass is 9.55. The van der Waals surface area contributed by atoms with Gasteiger partial charge >= 0.3 is 6.18 Å². The Kier molecular flexibility index (Phi) is 4.32. The monoisotopic (exact) mass is 407 g/mol. The first-order valence-electron chi connectivity index (χ1n) is 10.6. The summed E-state index contributed by atoms with van der Waals surface area (Å²) in [5.74, 6) is 0. The Balaban J connectivity index is 1.83. The van der Waals surface area contributed by atoms with Crippen LogP contribution in [0.25, 0.3) is 10.8 Å². The molecular formula is C26H24F3N. The Bertz CT molecular complexity index is 1140. The van der Waals surface area contributed by atoms with Crippen molar-refractivity contribution in [2.24, 2.45) is 4.99 Å². The number of halogens is 3. The fraction of sp³-hybridized carbons (Fsp3) is 0.346. The van der Waals surface area contributed by atoms with E-state index in [1.165, 1.54) is 0 Å². The number of fused-ring (bicyclic) bond motifs is 4. The summed E-state index contributed by atoms with van der Waals surface area (Å²) >= 11 is 0. The largest absolute Gasteiger partial charge is 0.391 e. The standard InChI is InChI=1S/C26H24F3N/c1-24-15-6-7-16-25(24,17-26(27,28)29)30-23(21-12-4-5-14-22(21)24)20-13-8-10-18-9-2-3-11-19(18)20/h2-5,8-14H,6-7,15-17H2,1H3. The van der Waals surface area contributed by atoms with Gasteiger partial charge in [-0.2, -0.15) is 13.2 Å². The van der Waals surface area contributed by atoms with E-state index in [0.717, 1.165) is 46.7 Å². The van der Waals surface area contributed by atoms with Crippen molar-refractivity contribution in [2.75, 3.05) is 0 Å². The van der Waals surface area contributed by atoms with Crippen molar-refractivity contribution in [3.63, 3.8) is 0 Å². The molecular weight excluding hydrogens is 383 g/mol. The van der Waals surface area contributed by atoms with Gasteiger partial charge in [-0.05, 0) is 29.2 Å². The van der Waals surface area contributed by atoms with Crippen LogP contribution in [0.5, 0.6) is 0 Å². The Morgan fingerprint density at radius 2 is 1.50 bits per heavy atom. The summed E-state index contributed by atoms with van der Waals surface area (Å²) in [6.07, 6.45) is -2.24. The summed E-state index contributed by atoms with van der Waals surface area (Å²) in [7, 11) is 0. The topological polar surface area (TPSA) is 12.4 Å². The second kappa shape index (κ2) is 6.69. The van der Waals surface area contributed by atoms with E-state index in [0.29, 0.717) is 12.1 Å². The van der Waals surface area contributed by atoms with Crippen LogP contribution in [-0.2, 0) is 5.41 Å². The molecule has 1 aliphatic carbocycles. The van der Waals surface area contributed by atoms with Crippen LogP contribution < -0.4 is 0 Å². The molecule has 154 valence electrons. The molecule has 0 aromatic heterocycles. The van der Waals surface area contributed by atoms with Crippen LogP contribution in [0.4, 0.5) is 13.2 Å². The van der Waals surface area contributed by atoms with Gasteiger partial charge in [0.25, 0.3) is 0 Å². The third kappa shape index (κ3) is 2.88. The molecule has 3 aromatic carbocycles. The van der Waals surface area contributed by atoms with E-state index in [1.54, 1.807) is 0 Å². The van der Waals surface area contributed by atoms with Gasteiger partial charge < -0.3 is 0 Å². The summed E-state index contributed by atoms with van der Waals surface area (Å²) in [6, 6.07) is 21.9. The highest BCUT2D eigenvalue weighted by Gasteiger charge is 2.58. The fourth-order valence-corrected chi connectivity index (χ4v) is 5.71. The zero-order valence-corrected chi connectivity index (χ0v) is 17.0. The molecule has 2 unspecified atom stereocenters.